The molecule has 1 N–H and O–H groups in total. The summed E-state index contributed by atoms with van der Waals surface area (Å²) in [4.78, 5) is 28.5. The second kappa shape index (κ2) is 9.05. The van der Waals surface area contributed by atoms with Gasteiger partial charge in [0.15, 0.2) is 0 Å². The minimum Gasteiger partial charge on any atom is -0.376 e. The van der Waals surface area contributed by atoms with Gasteiger partial charge in [0, 0.05) is 57.4 Å². The highest BCUT2D eigenvalue weighted by Crippen LogP contribution is 2.18. The normalized spacial score (nSPS) is 21.1. The Hall–Kier alpha value is -1.93. The molecular formula is C20H33N5O3. The minimum atomic E-state index is -0.0853. The van der Waals surface area contributed by atoms with Crippen molar-refractivity contribution in [2.75, 3.05) is 45.9 Å². The number of ether oxygens (including phenoxy) is 1. The van der Waals surface area contributed by atoms with Crippen LogP contribution < -0.4 is 10.9 Å². The number of amides is 2. The first-order valence-electron chi connectivity index (χ1n) is 10.3. The zero-order chi connectivity index (χ0) is 20.1. The summed E-state index contributed by atoms with van der Waals surface area (Å²) >= 11 is 0. The predicted octanol–water partition coefficient (Wildman–Crippen LogP) is 1.05. The number of nitrogens with one attached hydrogen (secondary N) is 1. The maximum Gasteiger partial charge on any atom is 0.317 e. The lowest BCUT2D eigenvalue weighted by atomic mass is 9.92. The van der Waals surface area contributed by atoms with E-state index < -0.39 is 0 Å². The van der Waals surface area contributed by atoms with Gasteiger partial charge in [0.2, 0.25) is 0 Å². The van der Waals surface area contributed by atoms with E-state index in [2.05, 4.69) is 36.1 Å². The van der Waals surface area contributed by atoms with Gasteiger partial charge in [-0.05, 0) is 18.9 Å². The van der Waals surface area contributed by atoms with Crippen LogP contribution in [0.15, 0.2) is 16.9 Å². The smallest absolute Gasteiger partial charge is 0.317 e. The van der Waals surface area contributed by atoms with Crippen molar-refractivity contribution in [2.24, 2.45) is 0 Å². The number of rotatable bonds is 5. The Labute approximate surface area is 166 Å². The third kappa shape index (κ3) is 5.54. The second-order valence-corrected chi connectivity index (χ2v) is 8.68. The molecule has 0 aliphatic carbocycles. The number of urea groups is 1. The van der Waals surface area contributed by atoms with E-state index in [1.165, 1.54) is 0 Å². The van der Waals surface area contributed by atoms with Crippen molar-refractivity contribution in [1.29, 1.82) is 0 Å². The summed E-state index contributed by atoms with van der Waals surface area (Å²) in [5.41, 5.74) is 0.762. The number of aromatic nitrogens is 2. The van der Waals surface area contributed by atoms with E-state index >= 15 is 0 Å². The number of hydrogen-bond donors (Lipinski definition) is 1. The van der Waals surface area contributed by atoms with Crippen LogP contribution in [0.5, 0.6) is 0 Å². The van der Waals surface area contributed by atoms with Crippen LogP contribution in [0.3, 0.4) is 0 Å². The molecule has 0 bridgehead atoms. The Morgan fingerprint density at radius 2 is 1.96 bits per heavy atom. The highest BCUT2D eigenvalue weighted by atomic mass is 16.5. The fraction of sp³-hybridized carbons (Fsp3) is 0.750. The number of carbonyl (C=O) groups excluding carboxylic acids is 1. The van der Waals surface area contributed by atoms with E-state index in [0.717, 1.165) is 44.8 Å². The molecule has 2 amide bonds. The number of piperazine rings is 1. The van der Waals surface area contributed by atoms with Gasteiger partial charge in [0.25, 0.3) is 5.56 Å². The van der Waals surface area contributed by atoms with E-state index in [4.69, 9.17) is 4.74 Å². The van der Waals surface area contributed by atoms with Crippen LogP contribution in [0.1, 0.15) is 39.3 Å². The molecule has 156 valence electrons. The second-order valence-electron chi connectivity index (χ2n) is 8.68. The highest BCUT2D eigenvalue weighted by Gasteiger charge is 2.23. The maximum absolute atomic E-state index is 12.3. The van der Waals surface area contributed by atoms with Crippen molar-refractivity contribution in [3.63, 3.8) is 0 Å². The SMILES string of the molecule is CC(C)(C)c1ccc(=O)n(CCN2CCN(C(=O)NCC3CCCO3)CC2)n1. The fourth-order valence-corrected chi connectivity index (χ4v) is 3.54. The van der Waals surface area contributed by atoms with Crippen molar-refractivity contribution in [1.82, 2.24) is 24.9 Å². The standard InChI is InChI=1S/C20H33N5O3/c1-20(2,3)17-6-7-18(26)25(22-17)13-10-23-8-11-24(12-9-23)19(27)21-15-16-5-4-14-28-16/h6-7,16H,4-5,8-15H2,1-3H3,(H,21,27). The van der Waals surface area contributed by atoms with Crippen LogP contribution in [0.4, 0.5) is 4.79 Å². The third-order valence-corrected chi connectivity index (χ3v) is 5.43. The van der Waals surface area contributed by atoms with Crippen molar-refractivity contribution >= 4 is 6.03 Å². The topological polar surface area (TPSA) is 79.7 Å². The van der Waals surface area contributed by atoms with Crippen LogP contribution >= 0.6 is 0 Å². The molecule has 2 fully saturated rings. The molecule has 1 aromatic heterocycles. The van der Waals surface area contributed by atoms with E-state index in [-0.39, 0.29) is 23.1 Å². The quantitative estimate of drug-likeness (QED) is 0.812. The molecule has 1 unspecified atom stereocenters. The molecular weight excluding hydrogens is 358 g/mol. The molecule has 8 nitrogen and oxygen atoms in total. The molecule has 2 aliphatic heterocycles. The van der Waals surface area contributed by atoms with Crippen LogP contribution in [0, 0.1) is 0 Å². The maximum atomic E-state index is 12.3. The average Bonchev–Trinajstić information content (AvgIpc) is 3.18. The summed E-state index contributed by atoms with van der Waals surface area (Å²) in [6, 6.07) is 3.41. The molecule has 2 saturated heterocycles. The molecule has 3 rings (SSSR count). The van der Waals surface area contributed by atoms with Crippen molar-refractivity contribution in [2.45, 2.75) is 51.7 Å². The Morgan fingerprint density at radius 1 is 1.21 bits per heavy atom. The van der Waals surface area contributed by atoms with Crippen LogP contribution in [-0.4, -0.2) is 77.6 Å². The fourth-order valence-electron chi connectivity index (χ4n) is 3.54. The Kier molecular flexibility index (Phi) is 6.72. The Morgan fingerprint density at radius 3 is 2.61 bits per heavy atom. The molecule has 0 spiro atoms. The lowest BCUT2D eigenvalue weighted by molar-refractivity contribution is 0.104. The van der Waals surface area contributed by atoms with Gasteiger partial charge in [-0.2, -0.15) is 5.10 Å². The number of nitrogens with zero attached hydrogens (tertiary/aromatic N) is 4. The van der Waals surface area contributed by atoms with Crippen molar-refractivity contribution in [3.05, 3.63) is 28.2 Å². The van der Waals surface area contributed by atoms with Gasteiger partial charge < -0.3 is 15.0 Å². The summed E-state index contributed by atoms with van der Waals surface area (Å²) < 4.78 is 7.10. The van der Waals surface area contributed by atoms with Gasteiger partial charge in [0.05, 0.1) is 18.3 Å². The van der Waals surface area contributed by atoms with E-state index in [1.54, 1.807) is 10.7 Å². The molecule has 0 saturated carbocycles. The predicted molar refractivity (Wildman–Crippen MR) is 108 cm³/mol. The molecule has 0 radical (unpaired) electrons. The summed E-state index contributed by atoms with van der Waals surface area (Å²) in [6.45, 7) is 12.0. The highest BCUT2D eigenvalue weighted by molar-refractivity contribution is 5.74. The van der Waals surface area contributed by atoms with E-state index in [9.17, 15) is 9.59 Å². The van der Waals surface area contributed by atoms with Gasteiger partial charge >= 0.3 is 6.03 Å². The largest absolute Gasteiger partial charge is 0.376 e. The summed E-state index contributed by atoms with van der Waals surface area (Å²) in [6.07, 6.45) is 2.27. The van der Waals surface area contributed by atoms with Crippen LogP contribution in [0.25, 0.3) is 0 Å². The van der Waals surface area contributed by atoms with E-state index in [0.29, 0.717) is 26.2 Å². The molecule has 2 aliphatic rings. The van der Waals surface area contributed by atoms with Crippen molar-refractivity contribution < 1.29 is 9.53 Å². The van der Waals surface area contributed by atoms with E-state index in [1.807, 2.05) is 11.0 Å². The Bertz CT molecular complexity index is 713. The van der Waals surface area contributed by atoms with Gasteiger partial charge in [-0.15, -0.1) is 0 Å². The number of carbonyl (C=O) groups is 1. The molecule has 0 aromatic carbocycles. The lowest BCUT2D eigenvalue weighted by Gasteiger charge is -2.34. The first-order chi connectivity index (χ1) is 13.3. The lowest BCUT2D eigenvalue weighted by Crippen LogP contribution is -2.53. The van der Waals surface area contributed by atoms with Crippen LogP contribution in [0.2, 0.25) is 0 Å². The number of hydrogen-bond acceptors (Lipinski definition) is 5. The summed E-state index contributed by atoms with van der Waals surface area (Å²) in [5, 5.41) is 7.51. The molecule has 1 aromatic rings. The average molecular weight is 392 g/mol. The zero-order valence-electron chi connectivity index (χ0n) is 17.3. The molecule has 8 heteroatoms. The van der Waals surface area contributed by atoms with Gasteiger partial charge in [-0.1, -0.05) is 20.8 Å². The minimum absolute atomic E-state index is 0.00841. The first kappa shape index (κ1) is 20.8. The van der Waals surface area contributed by atoms with Crippen LogP contribution in [-0.2, 0) is 16.7 Å². The molecule has 1 atom stereocenters. The first-order valence-corrected chi connectivity index (χ1v) is 10.3. The third-order valence-electron chi connectivity index (χ3n) is 5.43. The Balaban J connectivity index is 1.43. The van der Waals surface area contributed by atoms with Gasteiger partial charge in [-0.3, -0.25) is 9.69 Å². The monoisotopic (exact) mass is 391 g/mol. The summed E-state index contributed by atoms with van der Waals surface area (Å²) in [7, 11) is 0. The summed E-state index contributed by atoms with van der Waals surface area (Å²) in [5.74, 6) is 0. The van der Waals surface area contributed by atoms with Gasteiger partial charge in [-0.25, -0.2) is 9.48 Å². The zero-order valence-corrected chi connectivity index (χ0v) is 17.3. The van der Waals surface area contributed by atoms with Gasteiger partial charge in [0.1, 0.15) is 0 Å². The molecule has 28 heavy (non-hydrogen) atoms. The van der Waals surface area contributed by atoms with Crippen molar-refractivity contribution in [3.8, 4) is 0 Å². The molecule has 3 heterocycles.